The number of hydrogen-bond donors (Lipinski definition) is 0. The van der Waals surface area contributed by atoms with Crippen molar-refractivity contribution >= 4 is 22.6 Å². The van der Waals surface area contributed by atoms with E-state index in [4.69, 9.17) is 21.1 Å². The van der Waals surface area contributed by atoms with Crippen molar-refractivity contribution in [2.24, 2.45) is 7.05 Å². The molecule has 1 fully saturated rings. The predicted molar refractivity (Wildman–Crippen MR) is 82.2 cm³/mol. The van der Waals surface area contributed by atoms with Crippen molar-refractivity contribution in [3.05, 3.63) is 11.2 Å². The number of rotatable bonds is 4. The Morgan fingerprint density at radius 1 is 1.33 bits per heavy atom. The van der Waals surface area contributed by atoms with Crippen molar-refractivity contribution in [1.82, 2.24) is 14.5 Å². The molecule has 21 heavy (non-hydrogen) atoms. The van der Waals surface area contributed by atoms with Crippen LogP contribution in [0.2, 0.25) is 5.02 Å². The van der Waals surface area contributed by atoms with Gasteiger partial charge in [-0.25, -0.2) is 4.98 Å². The molecular weight excluding hydrogens is 290 g/mol. The van der Waals surface area contributed by atoms with Crippen LogP contribution in [-0.2, 0) is 7.05 Å². The number of hydrogen-bond acceptors (Lipinski definition) is 4. The molecule has 0 unspecified atom stereocenters. The molecular formula is C15H20ClN3O2. The SMILES string of the molecule is CCOc1ncc2nc(OC3CCCCC3)n(C)c2c1Cl. The zero-order valence-electron chi connectivity index (χ0n) is 12.4. The number of halogens is 1. The fourth-order valence-corrected chi connectivity index (χ4v) is 3.13. The first kappa shape index (κ1) is 14.4. The summed E-state index contributed by atoms with van der Waals surface area (Å²) in [7, 11) is 1.91. The summed E-state index contributed by atoms with van der Waals surface area (Å²) in [6.45, 7) is 2.44. The number of imidazole rings is 1. The third kappa shape index (κ3) is 2.79. The van der Waals surface area contributed by atoms with E-state index in [0.717, 1.165) is 23.9 Å². The van der Waals surface area contributed by atoms with E-state index in [1.165, 1.54) is 19.3 Å². The Labute approximate surface area is 129 Å². The molecule has 0 aliphatic heterocycles. The van der Waals surface area contributed by atoms with Crippen LogP contribution in [0.25, 0.3) is 11.0 Å². The van der Waals surface area contributed by atoms with Gasteiger partial charge in [0.05, 0.1) is 18.3 Å². The monoisotopic (exact) mass is 309 g/mol. The molecule has 114 valence electrons. The molecule has 0 amide bonds. The second kappa shape index (κ2) is 6.10. The minimum Gasteiger partial charge on any atom is -0.477 e. The van der Waals surface area contributed by atoms with Crippen molar-refractivity contribution < 1.29 is 9.47 Å². The Kier molecular flexibility index (Phi) is 4.19. The fraction of sp³-hybridized carbons (Fsp3) is 0.600. The van der Waals surface area contributed by atoms with Gasteiger partial charge in [0, 0.05) is 7.05 Å². The van der Waals surface area contributed by atoms with Crippen LogP contribution in [0.3, 0.4) is 0 Å². The lowest BCUT2D eigenvalue weighted by molar-refractivity contribution is 0.138. The summed E-state index contributed by atoms with van der Waals surface area (Å²) in [5.74, 6) is 0.443. The van der Waals surface area contributed by atoms with Crippen LogP contribution in [0, 0.1) is 0 Å². The Balaban J connectivity index is 1.93. The first-order chi connectivity index (χ1) is 10.2. The maximum atomic E-state index is 6.38. The highest BCUT2D eigenvalue weighted by Gasteiger charge is 2.20. The van der Waals surface area contributed by atoms with Gasteiger partial charge in [0.2, 0.25) is 5.88 Å². The van der Waals surface area contributed by atoms with Crippen LogP contribution in [0.1, 0.15) is 39.0 Å². The van der Waals surface area contributed by atoms with Crippen molar-refractivity contribution in [2.45, 2.75) is 45.1 Å². The van der Waals surface area contributed by atoms with E-state index in [1.807, 2.05) is 18.5 Å². The number of aryl methyl sites for hydroxylation is 1. The maximum absolute atomic E-state index is 6.38. The van der Waals surface area contributed by atoms with Gasteiger partial charge in [-0.1, -0.05) is 18.0 Å². The molecule has 1 aliphatic carbocycles. The van der Waals surface area contributed by atoms with Gasteiger partial charge in [-0.05, 0) is 32.6 Å². The van der Waals surface area contributed by atoms with Gasteiger partial charge in [0.15, 0.2) is 0 Å². The highest BCUT2D eigenvalue weighted by atomic mass is 35.5. The van der Waals surface area contributed by atoms with E-state index in [0.29, 0.717) is 23.5 Å². The molecule has 0 bridgehead atoms. The molecule has 6 heteroatoms. The molecule has 3 rings (SSSR count). The summed E-state index contributed by atoms with van der Waals surface area (Å²) in [5.41, 5.74) is 1.54. The minimum atomic E-state index is 0.257. The topological polar surface area (TPSA) is 49.2 Å². The van der Waals surface area contributed by atoms with Gasteiger partial charge in [-0.2, -0.15) is 4.98 Å². The van der Waals surface area contributed by atoms with Gasteiger partial charge < -0.3 is 9.47 Å². The van der Waals surface area contributed by atoms with Gasteiger partial charge in [0.25, 0.3) is 6.01 Å². The summed E-state index contributed by atoms with van der Waals surface area (Å²) in [4.78, 5) is 8.72. The number of ether oxygens (including phenoxy) is 2. The number of fused-ring (bicyclic) bond motifs is 1. The van der Waals surface area contributed by atoms with Crippen molar-refractivity contribution in [3.63, 3.8) is 0 Å². The van der Waals surface area contributed by atoms with Crippen molar-refractivity contribution in [1.29, 1.82) is 0 Å². The Bertz CT molecular complexity index is 635. The summed E-state index contributed by atoms with van der Waals surface area (Å²) < 4.78 is 13.4. The third-order valence-electron chi connectivity index (χ3n) is 3.89. The van der Waals surface area contributed by atoms with E-state index < -0.39 is 0 Å². The van der Waals surface area contributed by atoms with Crippen LogP contribution in [-0.4, -0.2) is 27.2 Å². The molecule has 5 nitrogen and oxygen atoms in total. The molecule has 2 heterocycles. The molecule has 1 saturated carbocycles. The van der Waals surface area contributed by atoms with Crippen LogP contribution >= 0.6 is 11.6 Å². The third-order valence-corrected chi connectivity index (χ3v) is 4.23. The van der Waals surface area contributed by atoms with E-state index in [2.05, 4.69) is 9.97 Å². The quantitative estimate of drug-likeness (QED) is 0.863. The lowest BCUT2D eigenvalue weighted by atomic mass is 9.98. The van der Waals surface area contributed by atoms with E-state index >= 15 is 0 Å². The molecule has 0 saturated heterocycles. The van der Waals surface area contributed by atoms with Gasteiger partial charge in [-0.15, -0.1) is 0 Å². The molecule has 2 aromatic rings. The summed E-state index contributed by atoms with van der Waals surface area (Å²) >= 11 is 6.38. The molecule has 0 spiro atoms. The average molecular weight is 310 g/mol. The van der Waals surface area contributed by atoms with Crippen LogP contribution in [0.15, 0.2) is 6.20 Å². The number of nitrogens with zero attached hydrogens (tertiary/aromatic N) is 3. The van der Waals surface area contributed by atoms with Crippen LogP contribution < -0.4 is 9.47 Å². The Morgan fingerprint density at radius 3 is 2.81 bits per heavy atom. The lowest BCUT2D eigenvalue weighted by Gasteiger charge is -2.22. The Hall–Kier alpha value is -1.49. The number of pyridine rings is 1. The molecule has 2 aromatic heterocycles. The second-order valence-electron chi connectivity index (χ2n) is 5.38. The smallest absolute Gasteiger partial charge is 0.297 e. The van der Waals surface area contributed by atoms with Gasteiger partial charge in [0.1, 0.15) is 16.6 Å². The van der Waals surface area contributed by atoms with E-state index in [-0.39, 0.29) is 6.10 Å². The summed E-state index contributed by atoms with van der Waals surface area (Å²) in [5, 5.41) is 0.489. The highest BCUT2D eigenvalue weighted by molar-refractivity contribution is 6.36. The molecule has 0 radical (unpaired) electrons. The molecule has 0 aromatic carbocycles. The largest absolute Gasteiger partial charge is 0.477 e. The number of aromatic nitrogens is 3. The first-order valence-corrected chi connectivity index (χ1v) is 7.89. The fourth-order valence-electron chi connectivity index (χ4n) is 2.80. The molecule has 0 atom stereocenters. The van der Waals surface area contributed by atoms with Crippen molar-refractivity contribution in [3.8, 4) is 11.9 Å². The average Bonchev–Trinajstić information content (AvgIpc) is 2.80. The van der Waals surface area contributed by atoms with Crippen LogP contribution in [0.5, 0.6) is 11.9 Å². The predicted octanol–water partition coefficient (Wildman–Crippen LogP) is 3.73. The Morgan fingerprint density at radius 2 is 2.10 bits per heavy atom. The minimum absolute atomic E-state index is 0.257. The van der Waals surface area contributed by atoms with Gasteiger partial charge in [-0.3, -0.25) is 4.57 Å². The van der Waals surface area contributed by atoms with Crippen LogP contribution in [0.4, 0.5) is 0 Å². The van der Waals surface area contributed by atoms with E-state index in [1.54, 1.807) is 6.20 Å². The molecule has 0 N–H and O–H groups in total. The normalized spacial score (nSPS) is 16.3. The standard InChI is InChI=1S/C15H20ClN3O2/c1-3-20-14-12(16)13-11(9-17-14)18-15(19(13)2)21-10-7-5-4-6-8-10/h9-10H,3-8H2,1-2H3. The summed E-state index contributed by atoms with van der Waals surface area (Å²) in [6.07, 6.45) is 7.89. The van der Waals surface area contributed by atoms with E-state index in [9.17, 15) is 0 Å². The maximum Gasteiger partial charge on any atom is 0.297 e. The lowest BCUT2D eigenvalue weighted by Crippen LogP contribution is -2.21. The van der Waals surface area contributed by atoms with Gasteiger partial charge >= 0.3 is 0 Å². The summed E-state index contributed by atoms with van der Waals surface area (Å²) in [6, 6.07) is 0.606. The second-order valence-corrected chi connectivity index (χ2v) is 5.75. The first-order valence-electron chi connectivity index (χ1n) is 7.51. The highest BCUT2D eigenvalue weighted by Crippen LogP contribution is 2.33. The van der Waals surface area contributed by atoms with Crippen molar-refractivity contribution in [2.75, 3.05) is 6.61 Å². The zero-order valence-corrected chi connectivity index (χ0v) is 13.2. The zero-order chi connectivity index (χ0) is 14.8. The molecule has 1 aliphatic rings.